The van der Waals surface area contributed by atoms with Gasteiger partial charge in [-0.1, -0.05) is 6.42 Å². The molecule has 0 aromatic rings. The summed E-state index contributed by atoms with van der Waals surface area (Å²) in [6, 6.07) is 0. The highest BCUT2D eigenvalue weighted by molar-refractivity contribution is 5.84. The Morgan fingerprint density at radius 1 is 1.53 bits per heavy atom. The lowest BCUT2D eigenvalue weighted by molar-refractivity contribution is -0.169. The van der Waals surface area contributed by atoms with Gasteiger partial charge < -0.3 is 15.4 Å². The van der Waals surface area contributed by atoms with Gasteiger partial charge in [-0.3, -0.25) is 4.79 Å². The third kappa shape index (κ3) is 1.88. The topological polar surface area (TPSA) is 55.6 Å². The van der Waals surface area contributed by atoms with Crippen molar-refractivity contribution in [2.75, 3.05) is 33.4 Å². The molecule has 4 nitrogen and oxygen atoms in total. The van der Waals surface area contributed by atoms with E-state index >= 15 is 0 Å². The van der Waals surface area contributed by atoms with Crippen molar-refractivity contribution < 1.29 is 9.53 Å². The lowest BCUT2D eigenvalue weighted by atomic mass is 9.82. The van der Waals surface area contributed by atoms with Gasteiger partial charge in [0.2, 0.25) is 5.91 Å². The Hall–Kier alpha value is -0.610. The van der Waals surface area contributed by atoms with Crippen LogP contribution < -0.4 is 5.73 Å². The van der Waals surface area contributed by atoms with Crippen LogP contribution in [0, 0.1) is 11.3 Å². The molecule has 0 bridgehead atoms. The summed E-state index contributed by atoms with van der Waals surface area (Å²) >= 11 is 0. The highest BCUT2D eigenvalue weighted by Crippen LogP contribution is 2.31. The zero-order chi connectivity index (χ0) is 10.9. The minimum Gasteiger partial charge on any atom is -0.379 e. The van der Waals surface area contributed by atoms with E-state index in [0.717, 1.165) is 12.5 Å². The fraction of sp³-hybridized carbons (Fsp3) is 0.909. The number of carbonyl (C=O) groups is 1. The van der Waals surface area contributed by atoms with Gasteiger partial charge in [-0.2, -0.15) is 0 Å². The van der Waals surface area contributed by atoms with Gasteiger partial charge in [0.05, 0.1) is 13.2 Å². The molecule has 0 spiro atoms. The van der Waals surface area contributed by atoms with E-state index in [1.807, 2.05) is 11.9 Å². The minimum atomic E-state index is -0.404. The quantitative estimate of drug-likeness (QED) is 0.725. The molecule has 1 saturated carbocycles. The van der Waals surface area contributed by atoms with Gasteiger partial charge >= 0.3 is 0 Å². The number of carbonyl (C=O) groups excluding carboxylic acids is 1. The molecule has 1 aliphatic carbocycles. The van der Waals surface area contributed by atoms with Crippen molar-refractivity contribution in [2.24, 2.45) is 17.1 Å². The summed E-state index contributed by atoms with van der Waals surface area (Å²) in [5, 5.41) is 0. The van der Waals surface area contributed by atoms with E-state index in [-0.39, 0.29) is 5.91 Å². The molecule has 86 valence electrons. The summed E-state index contributed by atoms with van der Waals surface area (Å²) in [6.45, 7) is 2.29. The Kier molecular flexibility index (Phi) is 2.98. The van der Waals surface area contributed by atoms with Gasteiger partial charge in [-0.15, -0.1) is 0 Å². The average Bonchev–Trinajstić information content (AvgIpc) is 2.10. The van der Waals surface area contributed by atoms with E-state index in [1.165, 1.54) is 19.3 Å². The van der Waals surface area contributed by atoms with Crippen LogP contribution in [0.2, 0.25) is 0 Å². The summed E-state index contributed by atoms with van der Waals surface area (Å²) < 4.78 is 5.12. The number of nitrogens with zero attached hydrogens (tertiary/aromatic N) is 1. The summed E-state index contributed by atoms with van der Waals surface area (Å²) in [4.78, 5) is 14.0. The zero-order valence-corrected chi connectivity index (χ0v) is 9.37. The molecule has 2 rings (SSSR count). The van der Waals surface area contributed by atoms with E-state index in [2.05, 4.69) is 0 Å². The largest absolute Gasteiger partial charge is 0.379 e. The lowest BCUT2D eigenvalue weighted by Gasteiger charge is -2.42. The molecule has 0 aromatic carbocycles. The molecule has 1 amide bonds. The maximum absolute atomic E-state index is 12.1. The van der Waals surface area contributed by atoms with E-state index < -0.39 is 5.41 Å². The lowest BCUT2D eigenvalue weighted by Crippen LogP contribution is -2.59. The first-order valence-electron chi connectivity index (χ1n) is 5.71. The third-order valence-corrected chi connectivity index (χ3v) is 3.70. The second kappa shape index (κ2) is 4.10. The summed E-state index contributed by atoms with van der Waals surface area (Å²) in [5.41, 5.74) is 5.25. The molecule has 1 saturated heterocycles. The van der Waals surface area contributed by atoms with Gasteiger partial charge in [0, 0.05) is 20.1 Å². The predicted octanol–water partition coefficient (Wildman–Crippen LogP) is 0.220. The molecule has 15 heavy (non-hydrogen) atoms. The van der Waals surface area contributed by atoms with Crippen LogP contribution in [0.3, 0.4) is 0 Å². The molecule has 2 fully saturated rings. The SMILES string of the molecule is CN(CC1CCC1)C(=O)C1(CN)COC1. The summed E-state index contributed by atoms with van der Waals surface area (Å²) in [5.74, 6) is 0.887. The van der Waals surface area contributed by atoms with Crippen LogP contribution in [0.4, 0.5) is 0 Å². The molecule has 1 heterocycles. The van der Waals surface area contributed by atoms with Crippen LogP contribution in [0.1, 0.15) is 19.3 Å². The molecular weight excluding hydrogens is 192 g/mol. The standard InChI is InChI=1S/C11H20N2O2/c1-13(5-9-3-2-4-9)10(14)11(6-12)7-15-8-11/h9H,2-8,12H2,1H3. The number of rotatable bonds is 4. The Morgan fingerprint density at radius 2 is 2.20 bits per heavy atom. The first-order valence-corrected chi connectivity index (χ1v) is 5.71. The zero-order valence-electron chi connectivity index (χ0n) is 9.37. The van der Waals surface area contributed by atoms with Crippen molar-refractivity contribution in [3.05, 3.63) is 0 Å². The molecule has 1 aliphatic heterocycles. The minimum absolute atomic E-state index is 0.170. The Morgan fingerprint density at radius 3 is 2.53 bits per heavy atom. The van der Waals surface area contributed by atoms with E-state index in [1.54, 1.807) is 0 Å². The molecule has 0 radical (unpaired) electrons. The second-order valence-corrected chi connectivity index (χ2v) is 4.96. The number of hydrogen-bond acceptors (Lipinski definition) is 3. The molecule has 2 aliphatic rings. The van der Waals surface area contributed by atoms with Gasteiger partial charge in [0.15, 0.2) is 0 Å². The first-order chi connectivity index (χ1) is 7.18. The van der Waals surface area contributed by atoms with Crippen LogP contribution >= 0.6 is 0 Å². The molecule has 2 N–H and O–H groups in total. The molecule has 4 heteroatoms. The van der Waals surface area contributed by atoms with Gasteiger partial charge in [-0.05, 0) is 18.8 Å². The Bertz CT molecular complexity index is 241. The average molecular weight is 212 g/mol. The normalized spacial score (nSPS) is 24.1. The van der Waals surface area contributed by atoms with E-state index in [9.17, 15) is 4.79 Å². The summed E-state index contributed by atoms with van der Waals surface area (Å²) in [6.07, 6.45) is 3.85. The van der Waals surface area contributed by atoms with Crippen molar-refractivity contribution in [2.45, 2.75) is 19.3 Å². The van der Waals surface area contributed by atoms with Gasteiger partial charge in [0.1, 0.15) is 5.41 Å². The molecular formula is C11H20N2O2. The van der Waals surface area contributed by atoms with Gasteiger partial charge in [0.25, 0.3) is 0 Å². The fourth-order valence-corrected chi connectivity index (χ4v) is 2.23. The monoisotopic (exact) mass is 212 g/mol. The number of ether oxygens (including phenoxy) is 1. The number of nitrogens with two attached hydrogens (primary N) is 1. The van der Waals surface area contributed by atoms with Gasteiger partial charge in [-0.25, -0.2) is 0 Å². The van der Waals surface area contributed by atoms with Crippen molar-refractivity contribution in [3.8, 4) is 0 Å². The van der Waals surface area contributed by atoms with Crippen LogP contribution in [0.15, 0.2) is 0 Å². The molecule has 0 unspecified atom stereocenters. The van der Waals surface area contributed by atoms with Crippen LogP contribution in [0.25, 0.3) is 0 Å². The number of hydrogen-bond donors (Lipinski definition) is 1. The Balaban J connectivity index is 1.87. The highest BCUT2D eigenvalue weighted by Gasteiger charge is 2.46. The first kappa shape index (κ1) is 10.9. The van der Waals surface area contributed by atoms with Crippen molar-refractivity contribution in [3.63, 3.8) is 0 Å². The second-order valence-electron chi connectivity index (χ2n) is 4.96. The number of amides is 1. The highest BCUT2D eigenvalue weighted by atomic mass is 16.5. The predicted molar refractivity (Wildman–Crippen MR) is 57.3 cm³/mol. The third-order valence-electron chi connectivity index (χ3n) is 3.70. The maximum Gasteiger partial charge on any atom is 0.234 e. The van der Waals surface area contributed by atoms with Crippen molar-refractivity contribution in [1.29, 1.82) is 0 Å². The van der Waals surface area contributed by atoms with Crippen molar-refractivity contribution >= 4 is 5.91 Å². The molecule has 0 aromatic heterocycles. The van der Waals surface area contributed by atoms with E-state index in [0.29, 0.717) is 19.8 Å². The fourth-order valence-electron chi connectivity index (χ4n) is 2.23. The van der Waals surface area contributed by atoms with Crippen LogP contribution in [0.5, 0.6) is 0 Å². The van der Waals surface area contributed by atoms with Crippen molar-refractivity contribution in [1.82, 2.24) is 4.90 Å². The summed E-state index contributed by atoms with van der Waals surface area (Å²) in [7, 11) is 1.89. The smallest absolute Gasteiger partial charge is 0.234 e. The Labute approximate surface area is 90.8 Å². The van der Waals surface area contributed by atoms with E-state index in [4.69, 9.17) is 10.5 Å². The van der Waals surface area contributed by atoms with Crippen LogP contribution in [-0.2, 0) is 9.53 Å². The maximum atomic E-state index is 12.1. The molecule has 0 atom stereocenters. The van der Waals surface area contributed by atoms with Crippen LogP contribution in [-0.4, -0.2) is 44.2 Å².